The molecule has 8 heteroatoms. The van der Waals surface area contributed by atoms with Crippen LogP contribution in [0.15, 0.2) is 36.4 Å². The molecule has 1 aromatic heterocycles. The summed E-state index contributed by atoms with van der Waals surface area (Å²) in [6.07, 6.45) is 1.18. The number of aliphatic hydroxyl groups is 1. The van der Waals surface area contributed by atoms with Crippen molar-refractivity contribution in [1.29, 1.82) is 5.26 Å². The number of methoxy groups -OCH3 is 1. The number of nitrogens with zero attached hydrogens (tertiary/aromatic N) is 4. The van der Waals surface area contributed by atoms with Gasteiger partial charge in [0.15, 0.2) is 11.6 Å². The smallest absolute Gasteiger partial charge is 0.159 e. The third-order valence-electron chi connectivity index (χ3n) is 5.33. The number of halogens is 1. The number of aliphatic hydroxyl groups excluding tert-OH is 1. The number of fused-ring (bicyclic) bond motifs is 1. The van der Waals surface area contributed by atoms with Crippen molar-refractivity contribution in [3.05, 3.63) is 51.1 Å². The summed E-state index contributed by atoms with van der Waals surface area (Å²) in [5, 5.41) is 33.3. The summed E-state index contributed by atoms with van der Waals surface area (Å²) in [4.78, 5) is 2.16. The van der Waals surface area contributed by atoms with Gasteiger partial charge in [0.2, 0.25) is 0 Å². The number of hydrogen-bond acceptors (Lipinski definition) is 7. The first-order valence-corrected chi connectivity index (χ1v) is 10.9. The zero-order valence-corrected chi connectivity index (χ0v) is 18.8. The molecule has 0 saturated carbocycles. The molecule has 154 valence electrons. The summed E-state index contributed by atoms with van der Waals surface area (Å²) in [5.41, 5.74) is 1.68. The highest BCUT2D eigenvalue weighted by molar-refractivity contribution is 14.1. The molecule has 0 atom stereocenters. The quantitative estimate of drug-likeness (QED) is 0.501. The van der Waals surface area contributed by atoms with Gasteiger partial charge in [-0.2, -0.15) is 5.26 Å². The Morgan fingerprint density at radius 3 is 2.70 bits per heavy atom. The third-order valence-corrected chi connectivity index (χ3v) is 6.17. The number of rotatable bonds is 5. The van der Waals surface area contributed by atoms with Gasteiger partial charge >= 0.3 is 0 Å². The number of ether oxygens (including phenoxy) is 1. The van der Waals surface area contributed by atoms with Crippen LogP contribution in [0.2, 0.25) is 0 Å². The zero-order chi connectivity index (χ0) is 21.1. The van der Waals surface area contributed by atoms with Gasteiger partial charge in [-0.1, -0.05) is 6.07 Å². The molecule has 0 amide bonds. The molecular formula is C22H22IN5O2. The van der Waals surface area contributed by atoms with E-state index in [4.69, 9.17) is 4.74 Å². The number of hydrogen-bond donors (Lipinski definition) is 2. The van der Waals surface area contributed by atoms with Gasteiger partial charge < -0.3 is 20.1 Å². The summed E-state index contributed by atoms with van der Waals surface area (Å²) in [6.45, 7) is 2.06. The Labute approximate surface area is 188 Å². The van der Waals surface area contributed by atoms with Crippen molar-refractivity contribution in [2.24, 2.45) is 0 Å². The molecule has 7 nitrogen and oxygen atoms in total. The fourth-order valence-electron chi connectivity index (χ4n) is 3.66. The highest BCUT2D eigenvalue weighted by Gasteiger charge is 2.21. The number of piperidine rings is 1. The van der Waals surface area contributed by atoms with Crippen LogP contribution < -0.4 is 15.0 Å². The fourth-order valence-corrected chi connectivity index (χ4v) is 4.46. The van der Waals surface area contributed by atoms with E-state index in [2.05, 4.69) is 55.1 Å². The maximum absolute atomic E-state index is 9.81. The van der Waals surface area contributed by atoms with E-state index in [0.717, 1.165) is 57.4 Å². The number of nitriles is 1. The van der Waals surface area contributed by atoms with E-state index in [-0.39, 0.29) is 6.10 Å². The van der Waals surface area contributed by atoms with E-state index in [0.29, 0.717) is 17.9 Å². The Bertz CT molecular complexity index is 1110. The van der Waals surface area contributed by atoms with Crippen molar-refractivity contribution in [1.82, 2.24) is 10.2 Å². The molecule has 0 aliphatic carbocycles. The van der Waals surface area contributed by atoms with Gasteiger partial charge in [0, 0.05) is 30.4 Å². The molecule has 0 radical (unpaired) electrons. The summed E-state index contributed by atoms with van der Waals surface area (Å²) >= 11 is 2.25. The minimum Gasteiger partial charge on any atom is -0.496 e. The summed E-state index contributed by atoms with van der Waals surface area (Å²) in [6, 6.07) is 13.8. The molecule has 2 heterocycles. The predicted octanol–water partition coefficient (Wildman–Crippen LogP) is 3.69. The van der Waals surface area contributed by atoms with E-state index < -0.39 is 0 Å². The SMILES string of the molecule is COc1ccc(CNc2nnc(N3CCC(O)CC3)c3ccc(C#N)cc23)cc1I. The largest absolute Gasteiger partial charge is 0.496 e. The van der Waals surface area contributed by atoms with E-state index in [1.54, 1.807) is 7.11 Å². The van der Waals surface area contributed by atoms with Gasteiger partial charge in [-0.3, -0.25) is 0 Å². The topological polar surface area (TPSA) is 94.3 Å². The lowest BCUT2D eigenvalue weighted by Crippen LogP contribution is -2.36. The maximum atomic E-state index is 9.81. The zero-order valence-electron chi connectivity index (χ0n) is 16.6. The first-order chi connectivity index (χ1) is 14.6. The van der Waals surface area contributed by atoms with Gasteiger partial charge in [-0.15, -0.1) is 10.2 Å². The van der Waals surface area contributed by atoms with Crippen molar-refractivity contribution in [2.45, 2.75) is 25.5 Å². The fraction of sp³-hybridized carbons (Fsp3) is 0.318. The van der Waals surface area contributed by atoms with Gasteiger partial charge in [-0.25, -0.2) is 0 Å². The van der Waals surface area contributed by atoms with Crippen molar-refractivity contribution < 1.29 is 9.84 Å². The Hall–Kier alpha value is -2.64. The average Bonchev–Trinajstić information content (AvgIpc) is 2.77. The highest BCUT2D eigenvalue weighted by atomic mass is 127. The molecule has 0 bridgehead atoms. The molecule has 2 N–H and O–H groups in total. The molecule has 0 unspecified atom stereocenters. The van der Waals surface area contributed by atoms with Crippen LogP contribution in [0.3, 0.4) is 0 Å². The number of aromatic nitrogens is 2. The first kappa shape index (κ1) is 20.6. The second-order valence-electron chi connectivity index (χ2n) is 7.29. The van der Waals surface area contributed by atoms with Crippen LogP contribution in [0.5, 0.6) is 5.75 Å². The van der Waals surface area contributed by atoms with Crippen LogP contribution in [-0.2, 0) is 6.54 Å². The lowest BCUT2D eigenvalue weighted by atomic mass is 10.1. The number of nitrogens with one attached hydrogen (secondary N) is 1. The number of anilines is 2. The van der Waals surface area contributed by atoms with E-state index in [1.807, 2.05) is 30.3 Å². The van der Waals surface area contributed by atoms with Gasteiger partial charge in [0.05, 0.1) is 28.4 Å². The standard InChI is InChI=1S/C22H22IN5O2/c1-30-20-5-3-15(11-19(20)23)13-25-21-18-10-14(12-24)2-4-17(18)22(27-26-21)28-8-6-16(29)7-9-28/h2-5,10-11,16,29H,6-9,13H2,1H3,(H,25,26). The molecule has 3 aromatic rings. The predicted molar refractivity (Wildman–Crippen MR) is 125 cm³/mol. The monoisotopic (exact) mass is 515 g/mol. The van der Waals surface area contributed by atoms with Crippen molar-refractivity contribution >= 4 is 45.0 Å². The molecule has 4 rings (SSSR count). The highest BCUT2D eigenvalue weighted by Crippen LogP contribution is 2.31. The van der Waals surface area contributed by atoms with Gasteiger partial charge in [0.25, 0.3) is 0 Å². The Kier molecular flexibility index (Phi) is 6.20. The minimum absolute atomic E-state index is 0.251. The molecular weight excluding hydrogens is 493 g/mol. The van der Waals surface area contributed by atoms with Crippen LogP contribution in [-0.4, -0.2) is 41.6 Å². The second-order valence-corrected chi connectivity index (χ2v) is 8.45. The van der Waals surface area contributed by atoms with Crippen molar-refractivity contribution in [3.8, 4) is 11.8 Å². The summed E-state index contributed by atoms with van der Waals surface area (Å²) in [7, 11) is 1.66. The molecule has 1 aliphatic rings. The first-order valence-electron chi connectivity index (χ1n) is 9.79. The second kappa shape index (κ2) is 9.02. The van der Waals surface area contributed by atoms with Crippen LogP contribution in [0.4, 0.5) is 11.6 Å². The van der Waals surface area contributed by atoms with Crippen molar-refractivity contribution in [2.75, 3.05) is 30.4 Å². The third kappa shape index (κ3) is 4.27. The summed E-state index contributed by atoms with van der Waals surface area (Å²) in [5.74, 6) is 2.29. The molecule has 0 spiro atoms. The van der Waals surface area contributed by atoms with Crippen LogP contribution in [0, 0.1) is 14.9 Å². The van der Waals surface area contributed by atoms with Gasteiger partial charge in [0.1, 0.15) is 5.75 Å². The van der Waals surface area contributed by atoms with E-state index >= 15 is 0 Å². The lowest BCUT2D eigenvalue weighted by Gasteiger charge is -2.31. The Balaban J connectivity index is 1.65. The number of benzene rings is 2. The molecule has 1 fully saturated rings. The molecule has 2 aromatic carbocycles. The van der Waals surface area contributed by atoms with Crippen molar-refractivity contribution in [3.63, 3.8) is 0 Å². The van der Waals surface area contributed by atoms with Gasteiger partial charge in [-0.05, 0) is 71.3 Å². The molecule has 30 heavy (non-hydrogen) atoms. The molecule has 1 saturated heterocycles. The molecule has 1 aliphatic heterocycles. The van der Waals surface area contributed by atoms with Crippen LogP contribution >= 0.6 is 22.6 Å². The van der Waals surface area contributed by atoms with Crippen LogP contribution in [0.1, 0.15) is 24.0 Å². The van der Waals surface area contributed by atoms with E-state index in [1.165, 1.54) is 0 Å². The average molecular weight is 515 g/mol. The van der Waals surface area contributed by atoms with Crippen LogP contribution in [0.25, 0.3) is 10.8 Å². The lowest BCUT2D eigenvalue weighted by molar-refractivity contribution is 0.145. The minimum atomic E-state index is -0.251. The summed E-state index contributed by atoms with van der Waals surface area (Å²) < 4.78 is 6.36. The Morgan fingerprint density at radius 1 is 1.20 bits per heavy atom. The van der Waals surface area contributed by atoms with E-state index in [9.17, 15) is 10.4 Å². The Morgan fingerprint density at radius 2 is 2.00 bits per heavy atom. The maximum Gasteiger partial charge on any atom is 0.159 e. The normalized spacial score (nSPS) is 14.5.